The maximum Gasteiger partial charge on any atom is 0.308 e. The molecule has 2 aliphatic heterocycles. The van der Waals surface area contributed by atoms with Crippen LogP contribution in [-0.2, 0) is 20.9 Å². The third-order valence-electron chi connectivity index (χ3n) is 7.97. The molecule has 8 nitrogen and oxygen atoms in total. The summed E-state index contributed by atoms with van der Waals surface area (Å²) in [5, 5.41) is 4.60. The molecule has 3 amide bonds. The number of hydrogen-bond donors (Lipinski definition) is 1. The van der Waals surface area contributed by atoms with Gasteiger partial charge in [0.05, 0.1) is 23.7 Å². The van der Waals surface area contributed by atoms with Gasteiger partial charge < -0.3 is 10.1 Å². The Bertz CT molecular complexity index is 2000. The molecule has 3 heterocycles. The van der Waals surface area contributed by atoms with Crippen LogP contribution >= 0.6 is 39.0 Å². The van der Waals surface area contributed by atoms with Gasteiger partial charge in [0, 0.05) is 26.3 Å². The standard InChI is InChI=1S/C33H24BrN3O5S2/c1-42-22-15-9-19(10-16-22)26-27-28(31(40)37(30(27)39)21-13-11-20(34)12-14-21)43-32-29(26)44-33(41)36(32)17-25(38)35-24-8-4-6-18-5-2-3-7-23(18)24/h2-16,26-28H,17H2,1H3,(H,35,38)/t26-,27?,28?/m1/s1. The number of imide groups is 1. The molecule has 0 aliphatic carbocycles. The Morgan fingerprint density at radius 1 is 0.909 bits per heavy atom. The van der Waals surface area contributed by atoms with Gasteiger partial charge in [-0.15, -0.1) is 0 Å². The van der Waals surface area contributed by atoms with E-state index in [0.29, 0.717) is 27.0 Å². The first kappa shape index (κ1) is 28.6. The SMILES string of the molecule is COc1ccc([C@H]2c3sc(=O)n(CC(=O)Nc4cccc5ccccc45)c3SC3C(=O)N(c4ccc(Br)cc4)C(=O)C32)cc1. The molecular formula is C33H24BrN3O5S2. The fourth-order valence-corrected chi connectivity index (χ4v) is 8.98. The summed E-state index contributed by atoms with van der Waals surface area (Å²) in [4.78, 5) is 56.4. The highest BCUT2D eigenvalue weighted by atomic mass is 79.9. The van der Waals surface area contributed by atoms with Crippen molar-refractivity contribution >= 4 is 78.9 Å². The Labute approximate surface area is 268 Å². The van der Waals surface area contributed by atoms with Gasteiger partial charge in [0.25, 0.3) is 0 Å². The molecule has 7 rings (SSSR count). The lowest BCUT2D eigenvalue weighted by molar-refractivity contribution is -0.122. The molecule has 1 aromatic heterocycles. The van der Waals surface area contributed by atoms with Gasteiger partial charge in [-0.05, 0) is 53.4 Å². The highest BCUT2D eigenvalue weighted by Crippen LogP contribution is 2.54. The lowest BCUT2D eigenvalue weighted by atomic mass is 9.83. The largest absolute Gasteiger partial charge is 0.497 e. The number of nitrogens with zero attached hydrogens (tertiary/aromatic N) is 2. The number of methoxy groups -OCH3 is 1. The number of aromatic nitrogens is 1. The van der Waals surface area contributed by atoms with E-state index in [1.807, 2.05) is 54.6 Å². The van der Waals surface area contributed by atoms with Crippen molar-refractivity contribution in [3.05, 3.63) is 116 Å². The molecule has 3 atom stereocenters. The average molecular weight is 687 g/mol. The second-order valence-electron chi connectivity index (χ2n) is 10.5. The summed E-state index contributed by atoms with van der Waals surface area (Å²) in [5.74, 6) is -1.66. The van der Waals surface area contributed by atoms with E-state index in [4.69, 9.17) is 4.74 Å². The van der Waals surface area contributed by atoms with Gasteiger partial charge in [-0.3, -0.25) is 23.7 Å². The predicted octanol–water partition coefficient (Wildman–Crippen LogP) is 6.27. The normalized spacial score (nSPS) is 19.1. The number of nitrogens with one attached hydrogen (secondary N) is 1. The van der Waals surface area contributed by atoms with E-state index < -0.39 is 17.1 Å². The number of anilines is 2. The van der Waals surface area contributed by atoms with Crippen LogP contribution in [-0.4, -0.2) is 34.6 Å². The molecule has 44 heavy (non-hydrogen) atoms. The van der Waals surface area contributed by atoms with E-state index in [2.05, 4.69) is 21.2 Å². The van der Waals surface area contributed by atoms with Gasteiger partial charge in [-0.25, -0.2) is 4.90 Å². The summed E-state index contributed by atoms with van der Waals surface area (Å²) < 4.78 is 7.60. The fourth-order valence-electron chi connectivity index (χ4n) is 5.94. The summed E-state index contributed by atoms with van der Waals surface area (Å²) in [7, 11) is 1.57. The number of amides is 3. The quantitative estimate of drug-likeness (QED) is 0.212. The topological polar surface area (TPSA) is 97.7 Å². The number of rotatable bonds is 6. The fraction of sp³-hybridized carbons (Fsp3) is 0.152. The van der Waals surface area contributed by atoms with Crippen LogP contribution in [0.15, 0.2) is 105 Å². The van der Waals surface area contributed by atoms with Crippen molar-refractivity contribution < 1.29 is 19.1 Å². The van der Waals surface area contributed by atoms with E-state index in [-0.39, 0.29) is 29.1 Å². The highest BCUT2D eigenvalue weighted by Gasteiger charge is 2.56. The number of carbonyl (C=O) groups is 3. The molecule has 0 radical (unpaired) electrons. The Balaban J connectivity index is 1.28. The number of benzene rings is 4. The maximum atomic E-state index is 14.0. The van der Waals surface area contributed by atoms with Gasteiger partial charge in [0.1, 0.15) is 17.5 Å². The predicted molar refractivity (Wildman–Crippen MR) is 176 cm³/mol. The Morgan fingerprint density at radius 3 is 2.39 bits per heavy atom. The molecule has 1 N–H and O–H groups in total. The Hall–Kier alpha value is -4.19. The minimum absolute atomic E-state index is 0.230. The lowest BCUT2D eigenvalue weighted by Gasteiger charge is -2.30. The molecule has 2 unspecified atom stereocenters. The van der Waals surface area contributed by atoms with Gasteiger partial charge in [0.15, 0.2) is 0 Å². The maximum absolute atomic E-state index is 14.0. The minimum atomic E-state index is -0.771. The summed E-state index contributed by atoms with van der Waals surface area (Å²) in [5.41, 5.74) is 1.92. The van der Waals surface area contributed by atoms with Crippen LogP contribution in [0.5, 0.6) is 5.75 Å². The summed E-state index contributed by atoms with van der Waals surface area (Å²) in [6.07, 6.45) is 0. The second-order valence-corrected chi connectivity index (χ2v) is 13.5. The Kier molecular flexibility index (Phi) is 7.39. The number of halogens is 1. The van der Waals surface area contributed by atoms with Crippen molar-refractivity contribution in [2.24, 2.45) is 5.92 Å². The molecule has 0 saturated carbocycles. The van der Waals surface area contributed by atoms with Crippen molar-refractivity contribution in [3.8, 4) is 5.75 Å². The summed E-state index contributed by atoms with van der Waals surface area (Å²) in [6, 6.07) is 27.8. The third-order valence-corrected chi connectivity index (χ3v) is 11.1. The number of ether oxygens (including phenoxy) is 1. The van der Waals surface area contributed by atoms with Crippen LogP contribution in [0.3, 0.4) is 0 Å². The van der Waals surface area contributed by atoms with Gasteiger partial charge in [0.2, 0.25) is 17.7 Å². The Morgan fingerprint density at radius 2 is 1.64 bits per heavy atom. The zero-order chi connectivity index (χ0) is 30.5. The summed E-state index contributed by atoms with van der Waals surface area (Å²) >= 11 is 5.62. The van der Waals surface area contributed by atoms with E-state index in [0.717, 1.165) is 32.1 Å². The first-order valence-corrected chi connectivity index (χ1v) is 16.3. The van der Waals surface area contributed by atoms with Crippen LogP contribution in [0.4, 0.5) is 11.4 Å². The van der Waals surface area contributed by atoms with Crippen molar-refractivity contribution in [3.63, 3.8) is 0 Å². The zero-order valence-corrected chi connectivity index (χ0v) is 26.4. The second kappa shape index (κ2) is 11.4. The number of carbonyl (C=O) groups excluding carboxylic acids is 3. The molecule has 5 aromatic rings. The van der Waals surface area contributed by atoms with Gasteiger partial charge >= 0.3 is 4.87 Å². The van der Waals surface area contributed by atoms with Crippen LogP contribution in [0.2, 0.25) is 0 Å². The molecule has 11 heteroatoms. The van der Waals surface area contributed by atoms with Crippen molar-refractivity contribution in [2.45, 2.75) is 22.7 Å². The highest BCUT2D eigenvalue weighted by molar-refractivity contribution is 9.10. The van der Waals surface area contributed by atoms with E-state index in [1.165, 1.54) is 21.2 Å². The molecule has 0 bridgehead atoms. The smallest absolute Gasteiger partial charge is 0.308 e. The minimum Gasteiger partial charge on any atom is -0.497 e. The molecule has 220 valence electrons. The first-order valence-electron chi connectivity index (χ1n) is 13.8. The molecule has 2 aliphatic rings. The number of hydrogen-bond acceptors (Lipinski definition) is 7. The lowest BCUT2D eigenvalue weighted by Crippen LogP contribution is -2.33. The molecule has 1 fully saturated rings. The van der Waals surface area contributed by atoms with Gasteiger partial charge in [-0.1, -0.05) is 87.6 Å². The van der Waals surface area contributed by atoms with Crippen LogP contribution in [0.25, 0.3) is 10.8 Å². The van der Waals surface area contributed by atoms with E-state index in [9.17, 15) is 19.2 Å². The molecule has 0 spiro atoms. The van der Waals surface area contributed by atoms with Crippen LogP contribution in [0, 0.1) is 5.92 Å². The van der Waals surface area contributed by atoms with E-state index >= 15 is 0 Å². The average Bonchev–Trinajstić information content (AvgIpc) is 3.48. The monoisotopic (exact) mass is 685 g/mol. The van der Waals surface area contributed by atoms with E-state index in [1.54, 1.807) is 43.5 Å². The number of thioether (sulfide) groups is 1. The van der Waals surface area contributed by atoms with Gasteiger partial charge in [-0.2, -0.15) is 0 Å². The van der Waals surface area contributed by atoms with Crippen molar-refractivity contribution in [1.82, 2.24) is 4.57 Å². The third kappa shape index (κ3) is 4.85. The van der Waals surface area contributed by atoms with Crippen molar-refractivity contribution in [1.29, 1.82) is 0 Å². The molecular weight excluding hydrogens is 662 g/mol. The number of thiazole rings is 1. The first-order chi connectivity index (χ1) is 21.3. The van der Waals surface area contributed by atoms with Crippen LogP contribution < -0.4 is 19.8 Å². The molecule has 1 saturated heterocycles. The summed E-state index contributed by atoms with van der Waals surface area (Å²) in [6.45, 7) is -0.230. The zero-order valence-electron chi connectivity index (χ0n) is 23.2. The number of fused-ring (bicyclic) bond motifs is 3. The molecule has 4 aromatic carbocycles. The van der Waals surface area contributed by atoms with Crippen LogP contribution in [0.1, 0.15) is 16.4 Å². The van der Waals surface area contributed by atoms with Crippen molar-refractivity contribution in [2.75, 3.05) is 17.3 Å².